The van der Waals surface area contributed by atoms with E-state index in [2.05, 4.69) is 12.1 Å². The first-order chi connectivity index (χ1) is 12.4. The van der Waals surface area contributed by atoms with Gasteiger partial charge in [0.05, 0.1) is 16.6 Å². The Labute approximate surface area is 155 Å². The fraction of sp³-hybridized carbons (Fsp3) is 0.381. The SMILES string of the molecule is CC(C)S(=O)(=O)c1ccc(CC(=O)N2CCC(c3ccccc3)C2)cc1. The van der Waals surface area contributed by atoms with Crippen molar-refractivity contribution < 1.29 is 13.2 Å². The van der Waals surface area contributed by atoms with Gasteiger partial charge in [0.15, 0.2) is 9.84 Å². The molecule has 2 aromatic carbocycles. The maximum atomic E-state index is 12.6. The molecule has 0 radical (unpaired) electrons. The zero-order valence-electron chi connectivity index (χ0n) is 15.3. The molecule has 1 amide bonds. The number of benzene rings is 2. The smallest absolute Gasteiger partial charge is 0.227 e. The summed E-state index contributed by atoms with van der Waals surface area (Å²) in [5.41, 5.74) is 2.13. The van der Waals surface area contributed by atoms with Crippen molar-refractivity contribution in [2.24, 2.45) is 0 Å². The van der Waals surface area contributed by atoms with Crippen LogP contribution in [0.3, 0.4) is 0 Å². The normalized spacial score (nSPS) is 17.7. The number of sulfone groups is 1. The van der Waals surface area contributed by atoms with Crippen LogP contribution in [0.2, 0.25) is 0 Å². The van der Waals surface area contributed by atoms with E-state index in [4.69, 9.17) is 0 Å². The van der Waals surface area contributed by atoms with E-state index in [1.165, 1.54) is 5.56 Å². The van der Waals surface area contributed by atoms with Crippen LogP contribution in [0.1, 0.15) is 37.3 Å². The van der Waals surface area contributed by atoms with Gasteiger partial charge in [0, 0.05) is 19.0 Å². The highest BCUT2D eigenvalue weighted by Gasteiger charge is 2.27. The van der Waals surface area contributed by atoms with Crippen molar-refractivity contribution in [3.63, 3.8) is 0 Å². The first kappa shape index (κ1) is 18.6. The molecule has 0 bridgehead atoms. The van der Waals surface area contributed by atoms with Gasteiger partial charge in [-0.2, -0.15) is 0 Å². The molecule has 0 aromatic heterocycles. The minimum absolute atomic E-state index is 0.0999. The standard InChI is InChI=1S/C21H25NO3S/c1-16(2)26(24,25)20-10-8-17(9-11-20)14-21(23)22-13-12-19(15-22)18-6-4-3-5-7-18/h3-11,16,19H,12-15H2,1-2H3. The lowest BCUT2D eigenvalue weighted by atomic mass is 9.99. The topological polar surface area (TPSA) is 54.5 Å². The second-order valence-corrected chi connectivity index (χ2v) is 9.65. The van der Waals surface area contributed by atoms with Crippen molar-refractivity contribution in [2.75, 3.05) is 13.1 Å². The summed E-state index contributed by atoms with van der Waals surface area (Å²) >= 11 is 0. The number of carbonyl (C=O) groups is 1. The summed E-state index contributed by atoms with van der Waals surface area (Å²) in [6, 6.07) is 17.0. The molecule has 1 aliphatic rings. The number of rotatable bonds is 5. The molecule has 1 fully saturated rings. The number of carbonyl (C=O) groups excluding carboxylic acids is 1. The number of likely N-dealkylation sites (tertiary alicyclic amines) is 1. The van der Waals surface area contributed by atoms with Crippen molar-refractivity contribution in [2.45, 2.75) is 42.8 Å². The molecule has 1 atom stereocenters. The molecule has 1 aliphatic heterocycles. The van der Waals surface area contributed by atoms with Gasteiger partial charge >= 0.3 is 0 Å². The van der Waals surface area contributed by atoms with Crippen LogP contribution in [0.15, 0.2) is 59.5 Å². The molecule has 0 saturated carbocycles. The summed E-state index contributed by atoms with van der Waals surface area (Å²) in [7, 11) is -3.27. The summed E-state index contributed by atoms with van der Waals surface area (Å²) in [6.07, 6.45) is 1.30. The number of nitrogens with zero attached hydrogens (tertiary/aromatic N) is 1. The third-order valence-corrected chi connectivity index (χ3v) is 7.21. The summed E-state index contributed by atoms with van der Waals surface area (Å²) in [4.78, 5) is 14.8. The third kappa shape index (κ3) is 3.98. The predicted molar refractivity (Wildman–Crippen MR) is 103 cm³/mol. The minimum Gasteiger partial charge on any atom is -0.342 e. The second-order valence-electron chi connectivity index (χ2n) is 7.15. The average Bonchev–Trinajstić information content (AvgIpc) is 3.13. The zero-order chi connectivity index (χ0) is 18.7. The fourth-order valence-electron chi connectivity index (χ4n) is 3.34. The van der Waals surface area contributed by atoms with Crippen LogP contribution in [0.4, 0.5) is 0 Å². The monoisotopic (exact) mass is 371 g/mol. The van der Waals surface area contributed by atoms with Gasteiger partial charge in [-0.05, 0) is 43.5 Å². The van der Waals surface area contributed by atoms with E-state index in [0.29, 0.717) is 17.2 Å². The van der Waals surface area contributed by atoms with Crippen LogP contribution in [0.5, 0.6) is 0 Å². The number of amides is 1. The summed E-state index contributed by atoms with van der Waals surface area (Å²) in [6.45, 7) is 4.87. The molecule has 2 aromatic rings. The molecule has 4 nitrogen and oxygen atoms in total. The molecular formula is C21H25NO3S. The van der Waals surface area contributed by atoms with Crippen molar-refractivity contribution in [1.29, 1.82) is 0 Å². The highest BCUT2D eigenvalue weighted by atomic mass is 32.2. The van der Waals surface area contributed by atoms with E-state index in [9.17, 15) is 13.2 Å². The third-order valence-electron chi connectivity index (χ3n) is 5.04. The Morgan fingerprint density at radius 1 is 1.08 bits per heavy atom. The number of hydrogen-bond acceptors (Lipinski definition) is 3. The van der Waals surface area contributed by atoms with Gasteiger partial charge in [-0.1, -0.05) is 42.5 Å². The highest BCUT2D eigenvalue weighted by Crippen LogP contribution is 2.27. The summed E-state index contributed by atoms with van der Waals surface area (Å²) in [5.74, 6) is 0.501. The van der Waals surface area contributed by atoms with Crippen LogP contribution in [-0.4, -0.2) is 37.6 Å². The van der Waals surface area contributed by atoms with Crippen LogP contribution < -0.4 is 0 Å². The zero-order valence-corrected chi connectivity index (χ0v) is 16.1. The van der Waals surface area contributed by atoms with E-state index in [1.807, 2.05) is 23.1 Å². The van der Waals surface area contributed by atoms with E-state index in [1.54, 1.807) is 38.1 Å². The Kier molecular flexibility index (Phi) is 5.47. The van der Waals surface area contributed by atoms with E-state index < -0.39 is 15.1 Å². The lowest BCUT2D eigenvalue weighted by Crippen LogP contribution is -2.29. The Bertz CT molecular complexity index is 858. The van der Waals surface area contributed by atoms with Crippen molar-refractivity contribution in [1.82, 2.24) is 4.90 Å². The molecule has 0 spiro atoms. The molecule has 138 valence electrons. The Balaban J connectivity index is 1.62. The molecule has 1 unspecified atom stereocenters. The minimum atomic E-state index is -3.27. The Morgan fingerprint density at radius 2 is 1.73 bits per heavy atom. The van der Waals surface area contributed by atoms with Gasteiger partial charge in [0.25, 0.3) is 0 Å². The maximum absolute atomic E-state index is 12.6. The average molecular weight is 372 g/mol. The first-order valence-electron chi connectivity index (χ1n) is 9.03. The summed E-state index contributed by atoms with van der Waals surface area (Å²) < 4.78 is 24.3. The second kappa shape index (κ2) is 7.62. The van der Waals surface area contributed by atoms with Gasteiger partial charge in [-0.15, -0.1) is 0 Å². The Hall–Kier alpha value is -2.14. The van der Waals surface area contributed by atoms with E-state index in [0.717, 1.165) is 25.1 Å². The summed E-state index contributed by atoms with van der Waals surface area (Å²) in [5, 5.41) is -0.450. The van der Waals surface area contributed by atoms with E-state index in [-0.39, 0.29) is 5.91 Å². The van der Waals surface area contributed by atoms with Crippen LogP contribution in [0.25, 0.3) is 0 Å². The first-order valence-corrected chi connectivity index (χ1v) is 10.6. The van der Waals surface area contributed by atoms with Crippen molar-refractivity contribution in [3.05, 3.63) is 65.7 Å². The number of hydrogen-bond donors (Lipinski definition) is 0. The predicted octanol–water partition coefficient (Wildman–Crippen LogP) is 3.43. The van der Waals surface area contributed by atoms with Gasteiger partial charge in [0.1, 0.15) is 0 Å². The van der Waals surface area contributed by atoms with Crippen LogP contribution in [-0.2, 0) is 21.1 Å². The molecule has 0 aliphatic carbocycles. The quantitative estimate of drug-likeness (QED) is 0.809. The highest BCUT2D eigenvalue weighted by molar-refractivity contribution is 7.92. The largest absolute Gasteiger partial charge is 0.342 e. The van der Waals surface area contributed by atoms with E-state index >= 15 is 0 Å². The molecule has 1 heterocycles. The van der Waals surface area contributed by atoms with Crippen LogP contribution >= 0.6 is 0 Å². The lowest BCUT2D eigenvalue weighted by molar-refractivity contribution is -0.129. The fourth-order valence-corrected chi connectivity index (χ4v) is 4.40. The van der Waals surface area contributed by atoms with Gasteiger partial charge in [0.2, 0.25) is 5.91 Å². The molecular weight excluding hydrogens is 346 g/mol. The van der Waals surface area contributed by atoms with Gasteiger partial charge in [-0.3, -0.25) is 4.79 Å². The maximum Gasteiger partial charge on any atom is 0.227 e. The Morgan fingerprint density at radius 3 is 2.35 bits per heavy atom. The molecule has 5 heteroatoms. The molecule has 26 heavy (non-hydrogen) atoms. The van der Waals surface area contributed by atoms with Crippen molar-refractivity contribution >= 4 is 15.7 Å². The lowest BCUT2D eigenvalue weighted by Gasteiger charge is -2.17. The van der Waals surface area contributed by atoms with Crippen LogP contribution in [0, 0.1) is 0 Å². The van der Waals surface area contributed by atoms with Gasteiger partial charge in [-0.25, -0.2) is 8.42 Å². The van der Waals surface area contributed by atoms with Crippen molar-refractivity contribution in [3.8, 4) is 0 Å². The molecule has 0 N–H and O–H groups in total. The van der Waals surface area contributed by atoms with Gasteiger partial charge < -0.3 is 4.90 Å². The molecule has 3 rings (SSSR count). The molecule has 1 saturated heterocycles.